The molecule has 1 atom stereocenters. The van der Waals surface area contributed by atoms with Crippen LogP contribution in [0.2, 0.25) is 0 Å². The van der Waals surface area contributed by atoms with E-state index in [-0.39, 0.29) is 23.8 Å². The number of hydrogen-bond donors (Lipinski definition) is 2. The monoisotopic (exact) mass is 414 g/mol. The molecule has 1 saturated carbocycles. The number of carbonyl (C=O) groups is 1. The Bertz CT molecular complexity index is 669. The number of nitrogens with zero attached hydrogens (tertiary/aromatic N) is 3. The number of nitrogens with one attached hydrogen (secondary N) is 1. The fourth-order valence-electron chi connectivity index (χ4n) is 5.68. The average Bonchev–Trinajstić information content (AvgIpc) is 3.28. The third kappa shape index (κ3) is 5.40. The van der Waals surface area contributed by atoms with Gasteiger partial charge in [-0.05, 0) is 69.8 Å². The fourth-order valence-corrected chi connectivity index (χ4v) is 5.68. The van der Waals surface area contributed by atoms with Gasteiger partial charge in [-0.15, -0.1) is 0 Å². The Morgan fingerprint density at radius 1 is 1.17 bits per heavy atom. The van der Waals surface area contributed by atoms with Gasteiger partial charge in [-0.2, -0.15) is 0 Å². The van der Waals surface area contributed by atoms with E-state index in [1.54, 1.807) is 0 Å². The van der Waals surface area contributed by atoms with E-state index in [4.69, 9.17) is 0 Å². The summed E-state index contributed by atoms with van der Waals surface area (Å²) in [5, 5.41) is 13.0. The minimum atomic E-state index is -0.0644. The molecule has 0 spiro atoms. The summed E-state index contributed by atoms with van der Waals surface area (Å²) in [7, 11) is 0. The second kappa shape index (κ2) is 10.2. The zero-order valence-corrected chi connectivity index (χ0v) is 18.3. The Morgan fingerprint density at radius 2 is 1.97 bits per heavy atom. The molecule has 30 heavy (non-hydrogen) atoms. The summed E-state index contributed by atoms with van der Waals surface area (Å²) in [5.74, 6) is 0.303. The Kier molecular flexibility index (Phi) is 7.39. The lowest BCUT2D eigenvalue weighted by molar-refractivity contribution is -0.127. The van der Waals surface area contributed by atoms with Crippen LogP contribution in [-0.2, 0) is 11.3 Å². The van der Waals surface area contributed by atoms with Crippen LogP contribution < -0.4 is 5.32 Å². The maximum atomic E-state index is 12.9. The average molecular weight is 415 g/mol. The maximum Gasteiger partial charge on any atom is 0.224 e. The molecule has 2 aliphatic heterocycles. The highest BCUT2D eigenvalue weighted by Gasteiger charge is 2.36. The molecule has 0 bridgehead atoms. The number of carbonyl (C=O) groups excluding carboxylic acids is 1. The second-order valence-corrected chi connectivity index (χ2v) is 9.79. The van der Waals surface area contributed by atoms with Crippen molar-refractivity contribution in [1.29, 1.82) is 0 Å². The molecular weight excluding hydrogens is 376 g/mol. The maximum absolute atomic E-state index is 12.9. The number of aromatic nitrogens is 1. The molecule has 0 unspecified atom stereocenters. The minimum absolute atomic E-state index is 0.0644. The van der Waals surface area contributed by atoms with Crippen LogP contribution in [0.25, 0.3) is 0 Å². The SMILES string of the molecule is O=C(NCC1(CO)CCCC1)[C@H]1CCCN(C2CCN(Cc3cccnc3)CC2)C1. The lowest BCUT2D eigenvalue weighted by atomic mass is 9.86. The number of aliphatic hydroxyl groups excluding tert-OH is 1. The second-order valence-electron chi connectivity index (χ2n) is 9.79. The highest BCUT2D eigenvalue weighted by Crippen LogP contribution is 2.37. The first kappa shape index (κ1) is 21.7. The molecule has 0 radical (unpaired) electrons. The van der Waals surface area contributed by atoms with Crippen molar-refractivity contribution < 1.29 is 9.90 Å². The van der Waals surface area contributed by atoms with Crippen molar-refractivity contribution in [2.75, 3.05) is 39.3 Å². The summed E-state index contributed by atoms with van der Waals surface area (Å²) in [6, 6.07) is 4.76. The molecular formula is C24H38N4O2. The normalized spacial score (nSPS) is 26.0. The summed E-state index contributed by atoms with van der Waals surface area (Å²) in [4.78, 5) is 22.2. The Balaban J connectivity index is 1.22. The van der Waals surface area contributed by atoms with Gasteiger partial charge < -0.3 is 10.4 Å². The van der Waals surface area contributed by atoms with E-state index >= 15 is 0 Å². The molecule has 4 rings (SSSR count). The first-order valence-electron chi connectivity index (χ1n) is 11.9. The topological polar surface area (TPSA) is 68.7 Å². The molecule has 166 valence electrons. The molecule has 1 aliphatic carbocycles. The highest BCUT2D eigenvalue weighted by atomic mass is 16.3. The van der Waals surface area contributed by atoms with Gasteiger partial charge in [0.2, 0.25) is 5.91 Å². The van der Waals surface area contributed by atoms with Crippen molar-refractivity contribution in [3.05, 3.63) is 30.1 Å². The molecule has 1 aromatic heterocycles. The van der Waals surface area contributed by atoms with Gasteiger partial charge in [-0.1, -0.05) is 18.9 Å². The molecule has 3 heterocycles. The summed E-state index contributed by atoms with van der Waals surface area (Å²) in [5.41, 5.74) is 1.22. The van der Waals surface area contributed by atoms with E-state index < -0.39 is 0 Å². The van der Waals surface area contributed by atoms with Crippen LogP contribution in [0.15, 0.2) is 24.5 Å². The van der Waals surface area contributed by atoms with Gasteiger partial charge in [-0.3, -0.25) is 19.6 Å². The molecule has 0 aromatic carbocycles. The summed E-state index contributed by atoms with van der Waals surface area (Å²) in [6.45, 7) is 6.08. The number of hydrogen-bond acceptors (Lipinski definition) is 5. The zero-order chi connectivity index (χ0) is 20.8. The van der Waals surface area contributed by atoms with Crippen LogP contribution in [0.3, 0.4) is 0 Å². The molecule has 2 N–H and O–H groups in total. The van der Waals surface area contributed by atoms with Crippen molar-refractivity contribution in [3.63, 3.8) is 0 Å². The zero-order valence-electron chi connectivity index (χ0n) is 18.3. The van der Waals surface area contributed by atoms with Crippen LogP contribution in [0.4, 0.5) is 0 Å². The van der Waals surface area contributed by atoms with Crippen LogP contribution >= 0.6 is 0 Å². The van der Waals surface area contributed by atoms with E-state index in [9.17, 15) is 9.90 Å². The molecule has 1 amide bonds. The first-order valence-corrected chi connectivity index (χ1v) is 11.9. The van der Waals surface area contributed by atoms with Crippen LogP contribution in [0.5, 0.6) is 0 Å². The van der Waals surface area contributed by atoms with Gasteiger partial charge in [-0.25, -0.2) is 0 Å². The Labute approximate surface area is 181 Å². The minimum Gasteiger partial charge on any atom is -0.396 e. The van der Waals surface area contributed by atoms with Gasteiger partial charge in [0.15, 0.2) is 0 Å². The van der Waals surface area contributed by atoms with Gasteiger partial charge in [0.25, 0.3) is 0 Å². The number of amides is 1. The molecule has 6 heteroatoms. The number of rotatable bonds is 7. The third-order valence-electron chi connectivity index (χ3n) is 7.66. The van der Waals surface area contributed by atoms with E-state index in [2.05, 4.69) is 26.2 Å². The summed E-state index contributed by atoms with van der Waals surface area (Å²) >= 11 is 0. The smallest absolute Gasteiger partial charge is 0.224 e. The molecule has 1 aromatic rings. The van der Waals surface area contributed by atoms with E-state index in [0.29, 0.717) is 12.6 Å². The van der Waals surface area contributed by atoms with Gasteiger partial charge in [0.1, 0.15) is 0 Å². The lowest BCUT2D eigenvalue weighted by Gasteiger charge is -2.42. The number of likely N-dealkylation sites (tertiary alicyclic amines) is 2. The van der Waals surface area contributed by atoms with E-state index in [1.807, 2.05) is 18.5 Å². The van der Waals surface area contributed by atoms with E-state index in [0.717, 1.165) is 58.4 Å². The number of pyridine rings is 1. The Morgan fingerprint density at radius 3 is 2.67 bits per heavy atom. The Hall–Kier alpha value is -1.50. The van der Waals surface area contributed by atoms with Crippen molar-refractivity contribution in [3.8, 4) is 0 Å². The molecule has 2 saturated heterocycles. The fraction of sp³-hybridized carbons (Fsp3) is 0.750. The van der Waals surface area contributed by atoms with Crippen LogP contribution in [0, 0.1) is 11.3 Å². The predicted molar refractivity (Wildman–Crippen MR) is 118 cm³/mol. The third-order valence-corrected chi connectivity index (χ3v) is 7.66. The van der Waals surface area contributed by atoms with Crippen molar-refractivity contribution in [2.24, 2.45) is 11.3 Å². The van der Waals surface area contributed by atoms with E-state index in [1.165, 1.54) is 31.2 Å². The van der Waals surface area contributed by atoms with Crippen LogP contribution in [-0.4, -0.2) is 71.2 Å². The number of piperidine rings is 2. The van der Waals surface area contributed by atoms with Gasteiger partial charge >= 0.3 is 0 Å². The van der Waals surface area contributed by atoms with Crippen molar-refractivity contribution in [2.45, 2.75) is 64.0 Å². The molecule has 3 aliphatic rings. The lowest BCUT2D eigenvalue weighted by Crippen LogP contribution is -2.51. The quantitative estimate of drug-likeness (QED) is 0.717. The van der Waals surface area contributed by atoms with Crippen LogP contribution in [0.1, 0.15) is 56.9 Å². The largest absolute Gasteiger partial charge is 0.396 e. The van der Waals surface area contributed by atoms with Gasteiger partial charge in [0, 0.05) is 43.5 Å². The van der Waals surface area contributed by atoms with Gasteiger partial charge in [0.05, 0.1) is 12.5 Å². The summed E-state index contributed by atoms with van der Waals surface area (Å²) < 4.78 is 0. The molecule has 3 fully saturated rings. The highest BCUT2D eigenvalue weighted by molar-refractivity contribution is 5.79. The van der Waals surface area contributed by atoms with Crippen molar-refractivity contribution in [1.82, 2.24) is 20.1 Å². The van der Waals surface area contributed by atoms with Crippen molar-refractivity contribution >= 4 is 5.91 Å². The predicted octanol–water partition coefficient (Wildman–Crippen LogP) is 2.43. The molecule has 6 nitrogen and oxygen atoms in total. The number of aliphatic hydroxyl groups is 1. The first-order chi connectivity index (χ1) is 14.7. The standard InChI is InChI=1S/C24H38N4O2/c29-19-24(9-1-2-10-24)18-26-23(30)21-6-4-12-28(17-21)22-7-13-27(14-8-22)16-20-5-3-11-25-15-20/h3,5,11,15,21-22,29H,1-2,4,6-10,12-14,16-19H2,(H,26,30)/t21-/m0/s1. The summed E-state index contributed by atoms with van der Waals surface area (Å²) in [6.07, 6.45) is 12.7.